The first-order valence-corrected chi connectivity index (χ1v) is 16.8. The van der Waals surface area contributed by atoms with Crippen molar-refractivity contribution in [2.75, 3.05) is 159 Å². The topological polar surface area (TPSA) is 149 Å². The predicted octanol–water partition coefficient (Wildman–Crippen LogP) is 2.26. The smallest absolute Gasteiger partial charge is 0.407 e. The molecule has 1 aromatic carbocycles. The number of amides is 1. The zero-order chi connectivity index (χ0) is 35.0. The molecule has 284 valence electrons. The van der Waals surface area contributed by atoms with Gasteiger partial charge in [0.2, 0.25) is 0 Å². The third-order valence-electron chi connectivity index (χ3n) is 5.91. The van der Waals surface area contributed by atoms with E-state index in [9.17, 15) is 4.79 Å². The summed E-state index contributed by atoms with van der Waals surface area (Å²) in [6, 6.07) is 9.50. The van der Waals surface area contributed by atoms with Gasteiger partial charge in [-0.05, 0) is 5.56 Å². The maximum atomic E-state index is 11.6. The van der Waals surface area contributed by atoms with E-state index in [0.29, 0.717) is 159 Å². The van der Waals surface area contributed by atoms with E-state index in [2.05, 4.69) is 11.9 Å². The summed E-state index contributed by atoms with van der Waals surface area (Å²) in [6.45, 7) is 15.3. The van der Waals surface area contributed by atoms with Crippen LogP contribution in [0.2, 0.25) is 0 Å². The molecule has 0 aromatic heterocycles. The number of carbonyl (C=O) groups is 1. The van der Waals surface area contributed by atoms with Crippen LogP contribution >= 0.6 is 0 Å². The number of nitrogens with one attached hydrogen (secondary N) is 1. The minimum absolute atomic E-state index is 0.236. The third kappa shape index (κ3) is 35.2. The highest BCUT2D eigenvalue weighted by molar-refractivity contribution is 5.67. The SMILES string of the molecule is C=COCCOCCOCCOCCOCCOCCOCCOCCOCCOCCOCCOCCNC(=O)OCc1ccccc1. The Bertz CT molecular complexity index is 823. The standard InChI is InChI=1S/C34H59NO14/c1-2-37-10-11-39-14-15-41-18-19-43-22-23-45-26-27-47-30-31-48-29-28-46-25-24-44-21-20-42-17-16-40-13-12-38-9-8-35-34(36)49-32-33-6-4-3-5-7-33/h2-7H,1,8-32H2,(H,35,36). The second kappa shape index (κ2) is 38.4. The van der Waals surface area contributed by atoms with Crippen molar-refractivity contribution in [1.29, 1.82) is 0 Å². The van der Waals surface area contributed by atoms with Crippen molar-refractivity contribution in [3.8, 4) is 0 Å². The Kier molecular flexibility index (Phi) is 35.0. The van der Waals surface area contributed by atoms with Crippen LogP contribution in [0.15, 0.2) is 43.2 Å². The Morgan fingerprint density at radius 3 is 1.10 bits per heavy atom. The van der Waals surface area contributed by atoms with E-state index in [1.807, 2.05) is 30.3 Å². The lowest BCUT2D eigenvalue weighted by molar-refractivity contribution is -0.0278. The van der Waals surface area contributed by atoms with Crippen LogP contribution in [0.3, 0.4) is 0 Å². The Balaban J connectivity index is 1.63. The van der Waals surface area contributed by atoms with Crippen molar-refractivity contribution >= 4 is 6.09 Å². The summed E-state index contributed by atoms with van der Waals surface area (Å²) in [5.74, 6) is 0. The number of hydrogen-bond acceptors (Lipinski definition) is 14. The quantitative estimate of drug-likeness (QED) is 0.0788. The monoisotopic (exact) mass is 705 g/mol. The molecule has 0 spiro atoms. The number of carbonyl (C=O) groups excluding carboxylic acids is 1. The van der Waals surface area contributed by atoms with Crippen LogP contribution in [-0.4, -0.2) is 165 Å². The maximum Gasteiger partial charge on any atom is 0.407 e. The summed E-state index contributed by atoms with van der Waals surface area (Å²) in [4.78, 5) is 11.6. The summed E-state index contributed by atoms with van der Waals surface area (Å²) in [5.41, 5.74) is 0.937. The van der Waals surface area contributed by atoms with E-state index in [1.54, 1.807) is 0 Å². The first-order chi connectivity index (χ1) is 24.3. The molecule has 15 heteroatoms. The lowest BCUT2D eigenvalue weighted by atomic mass is 10.2. The van der Waals surface area contributed by atoms with Gasteiger partial charge in [0.05, 0.1) is 152 Å². The van der Waals surface area contributed by atoms with Crippen LogP contribution in [0.25, 0.3) is 0 Å². The van der Waals surface area contributed by atoms with Gasteiger partial charge >= 0.3 is 6.09 Å². The lowest BCUT2D eigenvalue weighted by Gasteiger charge is -2.09. The fourth-order valence-electron chi connectivity index (χ4n) is 3.49. The highest BCUT2D eigenvalue weighted by Crippen LogP contribution is 2.00. The second-order valence-electron chi connectivity index (χ2n) is 9.76. The van der Waals surface area contributed by atoms with E-state index in [1.165, 1.54) is 6.26 Å². The Morgan fingerprint density at radius 1 is 0.469 bits per heavy atom. The van der Waals surface area contributed by atoms with Gasteiger partial charge in [0.25, 0.3) is 0 Å². The molecule has 0 saturated carbocycles. The van der Waals surface area contributed by atoms with Crippen LogP contribution in [0, 0.1) is 0 Å². The van der Waals surface area contributed by atoms with Crippen LogP contribution in [-0.2, 0) is 68.2 Å². The average molecular weight is 706 g/mol. The molecule has 0 fully saturated rings. The normalized spacial score (nSPS) is 11.1. The van der Waals surface area contributed by atoms with Crippen LogP contribution < -0.4 is 5.32 Å². The minimum atomic E-state index is -0.470. The summed E-state index contributed by atoms with van der Waals surface area (Å²) in [6.07, 6.45) is 0.922. The van der Waals surface area contributed by atoms with Gasteiger partial charge in [0.1, 0.15) is 13.2 Å². The van der Waals surface area contributed by atoms with Crippen LogP contribution in [0.4, 0.5) is 4.79 Å². The van der Waals surface area contributed by atoms with E-state index < -0.39 is 6.09 Å². The number of benzene rings is 1. The number of rotatable bonds is 39. The Morgan fingerprint density at radius 2 is 0.776 bits per heavy atom. The number of alkyl carbamates (subject to hydrolysis) is 1. The van der Waals surface area contributed by atoms with Crippen molar-refractivity contribution in [3.63, 3.8) is 0 Å². The molecular weight excluding hydrogens is 646 g/mol. The molecule has 0 aliphatic carbocycles. The molecule has 49 heavy (non-hydrogen) atoms. The van der Waals surface area contributed by atoms with Crippen LogP contribution in [0.5, 0.6) is 0 Å². The molecular formula is C34H59NO14. The third-order valence-corrected chi connectivity index (χ3v) is 5.91. The molecule has 0 bridgehead atoms. The van der Waals surface area contributed by atoms with Gasteiger partial charge in [0, 0.05) is 6.54 Å². The van der Waals surface area contributed by atoms with Crippen molar-refractivity contribution in [1.82, 2.24) is 5.32 Å². The summed E-state index contributed by atoms with van der Waals surface area (Å²) in [7, 11) is 0. The fourth-order valence-corrected chi connectivity index (χ4v) is 3.49. The number of hydrogen-bond donors (Lipinski definition) is 1. The van der Waals surface area contributed by atoms with E-state index in [0.717, 1.165) is 5.56 Å². The van der Waals surface area contributed by atoms with Gasteiger partial charge in [-0.15, -0.1) is 0 Å². The molecule has 1 rings (SSSR count). The summed E-state index contributed by atoms with van der Waals surface area (Å²) >= 11 is 0. The van der Waals surface area contributed by atoms with Crippen molar-refractivity contribution in [3.05, 3.63) is 48.7 Å². The molecule has 1 amide bonds. The van der Waals surface area contributed by atoms with E-state index in [4.69, 9.17) is 61.6 Å². The highest BCUT2D eigenvalue weighted by atomic mass is 16.6. The second-order valence-corrected chi connectivity index (χ2v) is 9.76. The maximum absolute atomic E-state index is 11.6. The minimum Gasteiger partial charge on any atom is -0.499 e. The Labute approximate surface area is 291 Å². The van der Waals surface area contributed by atoms with E-state index in [-0.39, 0.29) is 6.61 Å². The molecule has 1 N–H and O–H groups in total. The molecule has 0 unspecified atom stereocenters. The van der Waals surface area contributed by atoms with Gasteiger partial charge in [-0.2, -0.15) is 0 Å². The van der Waals surface area contributed by atoms with Gasteiger partial charge < -0.3 is 66.9 Å². The van der Waals surface area contributed by atoms with Gasteiger partial charge in [-0.1, -0.05) is 36.9 Å². The van der Waals surface area contributed by atoms with Gasteiger partial charge in [-0.3, -0.25) is 0 Å². The zero-order valence-corrected chi connectivity index (χ0v) is 29.1. The molecule has 15 nitrogen and oxygen atoms in total. The van der Waals surface area contributed by atoms with Gasteiger partial charge in [0.15, 0.2) is 0 Å². The Hall–Kier alpha value is -2.41. The van der Waals surface area contributed by atoms with Crippen molar-refractivity contribution in [2.45, 2.75) is 6.61 Å². The van der Waals surface area contributed by atoms with Gasteiger partial charge in [-0.25, -0.2) is 4.79 Å². The van der Waals surface area contributed by atoms with Crippen molar-refractivity contribution in [2.24, 2.45) is 0 Å². The largest absolute Gasteiger partial charge is 0.499 e. The number of ether oxygens (including phenoxy) is 13. The highest BCUT2D eigenvalue weighted by Gasteiger charge is 2.02. The molecule has 0 radical (unpaired) electrons. The first kappa shape index (κ1) is 44.6. The van der Waals surface area contributed by atoms with Crippen molar-refractivity contribution < 1.29 is 66.4 Å². The predicted molar refractivity (Wildman–Crippen MR) is 180 cm³/mol. The molecule has 0 atom stereocenters. The molecule has 0 aliphatic rings. The molecule has 0 aliphatic heterocycles. The summed E-state index contributed by atoms with van der Waals surface area (Å²) in [5, 5.41) is 2.64. The molecule has 1 aromatic rings. The van der Waals surface area contributed by atoms with Crippen LogP contribution in [0.1, 0.15) is 5.56 Å². The molecule has 0 heterocycles. The first-order valence-electron chi connectivity index (χ1n) is 16.8. The van der Waals surface area contributed by atoms with E-state index >= 15 is 0 Å². The average Bonchev–Trinajstić information content (AvgIpc) is 3.12. The fraction of sp³-hybridized carbons (Fsp3) is 0.735. The molecule has 0 saturated heterocycles. The summed E-state index contributed by atoms with van der Waals surface area (Å²) < 4.78 is 69.9. The lowest BCUT2D eigenvalue weighted by Crippen LogP contribution is -2.28. The zero-order valence-electron chi connectivity index (χ0n) is 29.1.